The highest BCUT2D eigenvalue weighted by molar-refractivity contribution is 5.95. The van der Waals surface area contributed by atoms with Crippen LogP contribution < -0.4 is 0 Å². The molecule has 1 aromatic heterocycles. The number of likely N-dealkylation sites (tertiary alicyclic amines) is 1. The van der Waals surface area contributed by atoms with E-state index in [0.29, 0.717) is 12.6 Å². The Bertz CT molecular complexity index is 531. The highest BCUT2D eigenvalue weighted by Gasteiger charge is 2.29. The van der Waals surface area contributed by atoms with E-state index in [0.717, 1.165) is 56.0 Å². The molecular formula is C19H32N2O3. The normalized spacial score (nSPS) is 16.8. The minimum Gasteiger partial charge on any atom is -0.465 e. The van der Waals surface area contributed by atoms with Gasteiger partial charge in [-0.05, 0) is 52.4 Å². The lowest BCUT2D eigenvalue weighted by molar-refractivity contribution is 0.0562. The number of piperidine rings is 1. The zero-order valence-corrected chi connectivity index (χ0v) is 15.8. The van der Waals surface area contributed by atoms with Gasteiger partial charge in [0.1, 0.15) is 11.5 Å². The van der Waals surface area contributed by atoms with Gasteiger partial charge in [-0.2, -0.15) is 0 Å². The van der Waals surface area contributed by atoms with Gasteiger partial charge in [0.05, 0.1) is 5.56 Å². The quantitative estimate of drug-likeness (QED) is 0.717. The molecule has 1 aliphatic heterocycles. The number of carbonyl (C=O) groups excluding carboxylic acids is 1. The summed E-state index contributed by atoms with van der Waals surface area (Å²) in [6.07, 6.45) is 2.93. The summed E-state index contributed by atoms with van der Waals surface area (Å²) in [5, 5.41) is 0. The first-order chi connectivity index (χ1) is 11.4. The van der Waals surface area contributed by atoms with Gasteiger partial charge < -0.3 is 19.0 Å². The summed E-state index contributed by atoms with van der Waals surface area (Å²) in [7, 11) is 3.85. The van der Waals surface area contributed by atoms with Gasteiger partial charge in [0.15, 0.2) is 0 Å². The molecule has 1 amide bonds. The lowest BCUT2D eigenvalue weighted by atomic mass is 10.0. The Balaban J connectivity index is 2.17. The van der Waals surface area contributed by atoms with Crippen molar-refractivity contribution >= 4 is 5.91 Å². The van der Waals surface area contributed by atoms with Crippen molar-refractivity contribution in [2.75, 3.05) is 40.4 Å². The van der Waals surface area contributed by atoms with Gasteiger partial charge in [0, 0.05) is 32.2 Å². The van der Waals surface area contributed by atoms with Crippen LogP contribution in [0.5, 0.6) is 0 Å². The Hall–Kier alpha value is -1.33. The number of hydrogen-bond acceptors (Lipinski definition) is 4. The Labute approximate surface area is 145 Å². The minimum absolute atomic E-state index is 0.105. The fourth-order valence-electron chi connectivity index (χ4n) is 3.29. The van der Waals surface area contributed by atoms with Gasteiger partial charge in [0.2, 0.25) is 0 Å². The largest absolute Gasteiger partial charge is 0.465 e. The molecule has 0 radical (unpaired) electrons. The molecule has 2 heterocycles. The van der Waals surface area contributed by atoms with E-state index < -0.39 is 0 Å². The van der Waals surface area contributed by atoms with Gasteiger partial charge in [-0.1, -0.05) is 13.8 Å². The number of furan rings is 1. The molecule has 0 saturated carbocycles. The Morgan fingerprint density at radius 3 is 2.62 bits per heavy atom. The number of nitrogens with zero attached hydrogens (tertiary/aromatic N) is 2. The lowest BCUT2D eigenvalue weighted by Gasteiger charge is -2.37. The number of hydrogen-bond donors (Lipinski definition) is 0. The maximum absolute atomic E-state index is 13.2. The number of carbonyl (C=O) groups is 1. The van der Waals surface area contributed by atoms with Crippen molar-refractivity contribution in [3.05, 3.63) is 23.2 Å². The SMILES string of the molecule is COCCCN(C(=O)c1cc(C(C)C)oc1C)C1CCN(C)CC1. The minimum atomic E-state index is 0.105. The van der Waals surface area contributed by atoms with Crippen LogP contribution in [-0.4, -0.2) is 62.1 Å². The topological polar surface area (TPSA) is 45.9 Å². The number of ether oxygens (including phenoxy) is 1. The van der Waals surface area contributed by atoms with Gasteiger partial charge in [-0.15, -0.1) is 0 Å². The molecule has 1 aromatic rings. The summed E-state index contributed by atoms with van der Waals surface area (Å²) < 4.78 is 11.0. The molecule has 1 fully saturated rings. The van der Waals surface area contributed by atoms with Crippen LogP contribution in [0.3, 0.4) is 0 Å². The van der Waals surface area contributed by atoms with Crippen molar-refractivity contribution < 1.29 is 13.9 Å². The summed E-state index contributed by atoms with van der Waals surface area (Å²) in [6.45, 7) is 9.56. The first-order valence-electron chi connectivity index (χ1n) is 9.02. The van der Waals surface area contributed by atoms with Gasteiger partial charge in [-0.3, -0.25) is 4.79 Å². The Morgan fingerprint density at radius 2 is 2.08 bits per heavy atom. The third kappa shape index (κ3) is 4.61. The third-order valence-electron chi connectivity index (χ3n) is 4.87. The number of amides is 1. The predicted octanol–water partition coefficient (Wildman–Crippen LogP) is 3.28. The summed E-state index contributed by atoms with van der Waals surface area (Å²) in [6, 6.07) is 2.24. The van der Waals surface area contributed by atoms with Crippen molar-refractivity contribution in [3.8, 4) is 0 Å². The molecule has 0 bridgehead atoms. The molecule has 1 aliphatic rings. The molecule has 5 heteroatoms. The maximum atomic E-state index is 13.2. The van der Waals surface area contributed by atoms with Crippen LogP contribution in [0.25, 0.3) is 0 Å². The number of aryl methyl sites for hydroxylation is 1. The van der Waals surface area contributed by atoms with E-state index >= 15 is 0 Å². The Kier molecular flexibility index (Phi) is 6.87. The lowest BCUT2D eigenvalue weighted by Crippen LogP contribution is -2.47. The zero-order chi connectivity index (χ0) is 17.7. The molecule has 0 N–H and O–H groups in total. The monoisotopic (exact) mass is 336 g/mol. The molecule has 1 saturated heterocycles. The van der Waals surface area contributed by atoms with Crippen LogP contribution in [-0.2, 0) is 4.74 Å². The smallest absolute Gasteiger partial charge is 0.257 e. The third-order valence-corrected chi connectivity index (χ3v) is 4.87. The summed E-state index contributed by atoms with van der Waals surface area (Å²) >= 11 is 0. The summed E-state index contributed by atoms with van der Waals surface area (Å²) in [4.78, 5) is 17.6. The first kappa shape index (κ1) is 19.0. The molecule has 0 unspecified atom stereocenters. The van der Waals surface area contributed by atoms with Crippen molar-refractivity contribution in [2.24, 2.45) is 0 Å². The summed E-state index contributed by atoms with van der Waals surface area (Å²) in [5.74, 6) is 2.01. The predicted molar refractivity (Wildman–Crippen MR) is 95.6 cm³/mol. The highest BCUT2D eigenvalue weighted by Crippen LogP contribution is 2.25. The second-order valence-corrected chi connectivity index (χ2v) is 7.15. The molecule has 24 heavy (non-hydrogen) atoms. The standard InChI is InChI=1S/C19H32N2O3/c1-14(2)18-13-17(15(3)24-18)19(22)21(9-6-12-23-5)16-7-10-20(4)11-8-16/h13-14,16H,6-12H2,1-5H3. The average molecular weight is 336 g/mol. The molecule has 0 aromatic carbocycles. The van der Waals surface area contributed by atoms with E-state index in [4.69, 9.17) is 9.15 Å². The van der Waals surface area contributed by atoms with Crippen LogP contribution in [0.1, 0.15) is 60.9 Å². The molecule has 136 valence electrons. The van der Waals surface area contributed by atoms with E-state index in [9.17, 15) is 4.79 Å². The first-order valence-corrected chi connectivity index (χ1v) is 9.02. The van der Waals surface area contributed by atoms with Crippen LogP contribution in [0.2, 0.25) is 0 Å². The molecular weight excluding hydrogens is 304 g/mol. The van der Waals surface area contributed by atoms with Crippen molar-refractivity contribution in [3.63, 3.8) is 0 Å². The maximum Gasteiger partial charge on any atom is 0.257 e. The highest BCUT2D eigenvalue weighted by atomic mass is 16.5. The molecule has 5 nitrogen and oxygen atoms in total. The zero-order valence-electron chi connectivity index (χ0n) is 15.8. The molecule has 0 atom stereocenters. The Morgan fingerprint density at radius 1 is 1.42 bits per heavy atom. The van der Waals surface area contributed by atoms with E-state index in [-0.39, 0.29) is 11.8 Å². The van der Waals surface area contributed by atoms with Crippen molar-refractivity contribution in [1.29, 1.82) is 0 Å². The molecule has 0 aliphatic carbocycles. The number of rotatable bonds is 7. The van der Waals surface area contributed by atoms with Crippen LogP contribution in [0, 0.1) is 6.92 Å². The number of methoxy groups -OCH3 is 1. The summed E-state index contributed by atoms with van der Waals surface area (Å²) in [5.41, 5.74) is 0.718. The van der Waals surface area contributed by atoms with Gasteiger partial charge in [0.25, 0.3) is 5.91 Å². The van der Waals surface area contributed by atoms with Crippen molar-refractivity contribution in [2.45, 2.75) is 52.0 Å². The van der Waals surface area contributed by atoms with Gasteiger partial charge in [-0.25, -0.2) is 0 Å². The van der Waals surface area contributed by atoms with Crippen molar-refractivity contribution in [1.82, 2.24) is 9.80 Å². The molecule has 2 rings (SSSR count). The fourth-order valence-corrected chi connectivity index (χ4v) is 3.29. The van der Waals surface area contributed by atoms with Crippen LogP contribution in [0.15, 0.2) is 10.5 Å². The van der Waals surface area contributed by atoms with Crippen LogP contribution >= 0.6 is 0 Å². The van der Waals surface area contributed by atoms with Gasteiger partial charge >= 0.3 is 0 Å². The average Bonchev–Trinajstić information content (AvgIpc) is 2.94. The van der Waals surface area contributed by atoms with E-state index in [1.54, 1.807) is 7.11 Å². The van der Waals surface area contributed by atoms with E-state index in [1.807, 2.05) is 17.9 Å². The van der Waals surface area contributed by atoms with E-state index in [1.165, 1.54) is 0 Å². The van der Waals surface area contributed by atoms with Crippen LogP contribution in [0.4, 0.5) is 0 Å². The molecule has 0 spiro atoms. The van der Waals surface area contributed by atoms with E-state index in [2.05, 4.69) is 25.8 Å². The second-order valence-electron chi connectivity index (χ2n) is 7.15. The second kappa shape index (κ2) is 8.67. The fraction of sp³-hybridized carbons (Fsp3) is 0.737.